The summed E-state index contributed by atoms with van der Waals surface area (Å²) in [7, 11) is 4.03. The summed E-state index contributed by atoms with van der Waals surface area (Å²) in [6.07, 6.45) is 1.86. The smallest absolute Gasteiger partial charge is 0.205 e. The van der Waals surface area contributed by atoms with Gasteiger partial charge in [-0.1, -0.05) is 5.92 Å². The molecule has 2 N–H and O–H groups in total. The molecule has 23 heavy (non-hydrogen) atoms. The van der Waals surface area contributed by atoms with Crippen molar-refractivity contribution in [1.29, 1.82) is 5.26 Å². The van der Waals surface area contributed by atoms with Crippen LogP contribution in [0.5, 0.6) is 0 Å². The van der Waals surface area contributed by atoms with Crippen molar-refractivity contribution in [2.24, 2.45) is 4.99 Å². The van der Waals surface area contributed by atoms with Gasteiger partial charge in [0.05, 0.1) is 25.4 Å². The average molecular weight is 333 g/mol. The molecule has 0 saturated heterocycles. The van der Waals surface area contributed by atoms with E-state index < -0.39 is 0 Å². The van der Waals surface area contributed by atoms with Crippen molar-refractivity contribution in [2.75, 3.05) is 32.9 Å². The van der Waals surface area contributed by atoms with Crippen molar-refractivity contribution in [2.45, 2.75) is 19.2 Å². The predicted octanol–water partition coefficient (Wildman–Crippen LogP) is 1.61. The minimum Gasteiger partial charge on any atom is -0.464 e. The van der Waals surface area contributed by atoms with Crippen LogP contribution in [0, 0.1) is 23.3 Å². The van der Waals surface area contributed by atoms with E-state index in [9.17, 15) is 0 Å². The first-order valence-electron chi connectivity index (χ1n) is 7.28. The summed E-state index contributed by atoms with van der Waals surface area (Å²) in [5, 5.41) is 14.1. The molecular formula is C16H23N5OS. The van der Waals surface area contributed by atoms with Crippen molar-refractivity contribution in [3.63, 3.8) is 0 Å². The third-order valence-electron chi connectivity index (χ3n) is 2.63. The Morgan fingerprint density at radius 1 is 1.39 bits per heavy atom. The van der Waals surface area contributed by atoms with Crippen molar-refractivity contribution < 1.29 is 4.42 Å². The van der Waals surface area contributed by atoms with E-state index in [1.165, 1.54) is 0 Å². The number of nitriles is 1. The lowest BCUT2D eigenvalue weighted by molar-refractivity contribution is 0.344. The average Bonchev–Trinajstić information content (AvgIpc) is 2.93. The molecule has 0 amide bonds. The van der Waals surface area contributed by atoms with Crippen LogP contribution in [0.1, 0.15) is 18.4 Å². The third-order valence-corrected chi connectivity index (χ3v) is 3.59. The normalized spacial score (nSPS) is 10.8. The van der Waals surface area contributed by atoms with Gasteiger partial charge in [0.1, 0.15) is 11.5 Å². The Morgan fingerprint density at radius 3 is 2.87 bits per heavy atom. The van der Waals surface area contributed by atoms with Crippen LogP contribution in [0.2, 0.25) is 0 Å². The number of thioether (sulfide) groups is 1. The van der Waals surface area contributed by atoms with Crippen molar-refractivity contribution in [1.82, 2.24) is 15.5 Å². The first-order chi connectivity index (χ1) is 11.2. The van der Waals surface area contributed by atoms with Crippen LogP contribution in [0.25, 0.3) is 0 Å². The lowest BCUT2D eigenvalue weighted by Gasteiger charge is -2.06. The lowest BCUT2D eigenvalue weighted by atomic mass is 10.4. The highest BCUT2D eigenvalue weighted by molar-refractivity contribution is 7.98. The molecule has 124 valence electrons. The molecule has 0 aromatic carbocycles. The van der Waals surface area contributed by atoms with E-state index in [0.717, 1.165) is 29.6 Å². The van der Waals surface area contributed by atoms with Gasteiger partial charge in [0.15, 0.2) is 6.19 Å². The number of aliphatic imine (C=N–C) groups is 1. The molecule has 0 aliphatic carbocycles. The number of guanidine groups is 1. The molecule has 1 aromatic heterocycles. The molecule has 0 atom stereocenters. The van der Waals surface area contributed by atoms with Crippen LogP contribution in [0.4, 0.5) is 0 Å². The SMILES string of the molecule is CC#CCNC(=NCCSCc1ccc(CN(C)C)o1)NC#N. The van der Waals surface area contributed by atoms with E-state index in [1.807, 2.05) is 32.4 Å². The number of furan rings is 1. The Balaban J connectivity index is 2.28. The largest absolute Gasteiger partial charge is 0.464 e. The maximum absolute atomic E-state index is 8.67. The zero-order valence-corrected chi connectivity index (χ0v) is 14.7. The third kappa shape index (κ3) is 8.82. The van der Waals surface area contributed by atoms with Gasteiger partial charge in [-0.25, -0.2) is 0 Å². The number of nitrogens with zero attached hydrogens (tertiary/aromatic N) is 3. The topological polar surface area (TPSA) is 76.6 Å². The highest BCUT2D eigenvalue weighted by atomic mass is 32.2. The molecule has 0 spiro atoms. The predicted molar refractivity (Wildman–Crippen MR) is 94.8 cm³/mol. The fourth-order valence-electron chi connectivity index (χ4n) is 1.70. The van der Waals surface area contributed by atoms with Gasteiger partial charge in [-0.05, 0) is 33.2 Å². The minimum atomic E-state index is 0.460. The monoisotopic (exact) mass is 333 g/mol. The summed E-state index contributed by atoms with van der Waals surface area (Å²) in [6, 6.07) is 4.03. The second-order valence-corrected chi connectivity index (χ2v) is 6.01. The van der Waals surface area contributed by atoms with Gasteiger partial charge in [-0.3, -0.25) is 10.3 Å². The van der Waals surface area contributed by atoms with Crippen LogP contribution >= 0.6 is 11.8 Å². The first-order valence-corrected chi connectivity index (χ1v) is 8.44. The van der Waals surface area contributed by atoms with E-state index >= 15 is 0 Å². The van der Waals surface area contributed by atoms with E-state index in [1.54, 1.807) is 18.7 Å². The van der Waals surface area contributed by atoms with Crippen LogP contribution in [0.15, 0.2) is 21.5 Å². The molecule has 1 rings (SSSR count). The fourth-order valence-corrected chi connectivity index (χ4v) is 2.42. The summed E-state index contributed by atoms with van der Waals surface area (Å²) in [5.74, 6) is 9.72. The van der Waals surface area contributed by atoms with Crippen molar-refractivity contribution in [3.8, 4) is 18.0 Å². The summed E-state index contributed by atoms with van der Waals surface area (Å²) in [6.45, 7) is 3.67. The van der Waals surface area contributed by atoms with Crippen LogP contribution in [0.3, 0.4) is 0 Å². The number of hydrogen-bond acceptors (Lipinski definition) is 5. The first kappa shape index (κ1) is 19.0. The van der Waals surface area contributed by atoms with Crippen LogP contribution in [-0.2, 0) is 12.3 Å². The Hall–Kier alpha value is -2.09. The molecule has 0 fully saturated rings. The van der Waals surface area contributed by atoms with Gasteiger partial charge < -0.3 is 14.6 Å². The quantitative estimate of drug-likeness (QED) is 0.188. The van der Waals surface area contributed by atoms with Crippen molar-refractivity contribution >= 4 is 17.7 Å². The highest BCUT2D eigenvalue weighted by Crippen LogP contribution is 2.16. The van der Waals surface area contributed by atoms with Gasteiger partial charge in [0, 0.05) is 5.75 Å². The Labute approximate surface area is 142 Å². The van der Waals surface area contributed by atoms with Gasteiger partial charge in [0.25, 0.3) is 0 Å². The second-order valence-electron chi connectivity index (χ2n) is 4.91. The lowest BCUT2D eigenvalue weighted by Crippen LogP contribution is -2.35. The molecule has 7 heteroatoms. The van der Waals surface area contributed by atoms with Gasteiger partial charge in [-0.2, -0.15) is 17.0 Å². The molecule has 0 aliphatic rings. The van der Waals surface area contributed by atoms with Gasteiger partial charge in [-0.15, -0.1) is 5.92 Å². The molecule has 0 radical (unpaired) electrons. The maximum atomic E-state index is 8.67. The molecule has 0 saturated carbocycles. The summed E-state index contributed by atoms with van der Waals surface area (Å²) < 4.78 is 5.74. The molecule has 1 aromatic rings. The highest BCUT2D eigenvalue weighted by Gasteiger charge is 2.03. The molecule has 0 unspecified atom stereocenters. The Morgan fingerprint density at radius 2 is 2.17 bits per heavy atom. The second kappa shape index (κ2) is 11.5. The van der Waals surface area contributed by atoms with E-state index in [0.29, 0.717) is 19.0 Å². The maximum Gasteiger partial charge on any atom is 0.205 e. The zero-order valence-electron chi connectivity index (χ0n) is 13.8. The van der Waals surface area contributed by atoms with E-state index in [4.69, 9.17) is 9.68 Å². The standard InChI is InChI=1S/C16H23N5OS/c1-4-5-8-18-16(20-13-17)19-9-10-23-12-15-7-6-14(22-15)11-21(2)3/h6-7H,8-12H2,1-3H3,(H2,18,19,20). The number of rotatable bonds is 8. The van der Waals surface area contributed by atoms with Crippen molar-refractivity contribution in [3.05, 3.63) is 23.7 Å². The number of nitrogens with one attached hydrogen (secondary N) is 2. The van der Waals surface area contributed by atoms with Gasteiger partial charge >= 0.3 is 0 Å². The van der Waals surface area contributed by atoms with Gasteiger partial charge in [0.2, 0.25) is 5.96 Å². The summed E-state index contributed by atoms with van der Waals surface area (Å²) in [4.78, 5) is 6.38. The molecule has 0 bridgehead atoms. The molecule has 0 aliphatic heterocycles. The van der Waals surface area contributed by atoms with E-state index in [2.05, 4.69) is 32.4 Å². The van der Waals surface area contributed by atoms with E-state index in [-0.39, 0.29) is 0 Å². The number of hydrogen-bond donors (Lipinski definition) is 2. The summed E-state index contributed by atoms with van der Waals surface area (Å²) in [5.41, 5.74) is 0. The fraction of sp³-hybridized carbons (Fsp3) is 0.500. The Bertz CT molecular complexity index is 592. The summed E-state index contributed by atoms with van der Waals surface area (Å²) >= 11 is 1.75. The zero-order chi connectivity index (χ0) is 16.9. The molecule has 6 nitrogen and oxygen atoms in total. The van der Waals surface area contributed by atoms with Crippen LogP contribution < -0.4 is 10.6 Å². The van der Waals surface area contributed by atoms with Crippen LogP contribution in [-0.4, -0.2) is 43.8 Å². The minimum absolute atomic E-state index is 0.460. The molecular weight excluding hydrogens is 310 g/mol. The Kier molecular flexibility index (Phi) is 9.46. The molecule has 1 heterocycles.